The van der Waals surface area contributed by atoms with E-state index in [1.807, 2.05) is 0 Å². The molecule has 2 nitrogen and oxygen atoms in total. The third-order valence-electron chi connectivity index (χ3n) is 3.39. The van der Waals surface area contributed by atoms with E-state index in [4.69, 9.17) is 11.6 Å². The molecule has 21 heavy (non-hydrogen) atoms. The summed E-state index contributed by atoms with van der Waals surface area (Å²) in [6.07, 6.45) is 0. The summed E-state index contributed by atoms with van der Waals surface area (Å²) in [6.45, 7) is 0.606. The molecular formula is C16H13ClFNOS. The number of benzene rings is 2. The lowest BCUT2D eigenvalue weighted by atomic mass is 10.1. The molecule has 0 N–H and O–H groups in total. The molecule has 1 fully saturated rings. The van der Waals surface area contributed by atoms with Gasteiger partial charge in [0.1, 0.15) is 11.2 Å². The number of nitrogens with zero attached hydrogens (tertiary/aromatic N) is 1. The van der Waals surface area contributed by atoms with Crippen LogP contribution in [0.25, 0.3) is 0 Å². The molecule has 5 heteroatoms. The summed E-state index contributed by atoms with van der Waals surface area (Å²) < 4.78 is 14.0. The number of carbonyl (C=O) groups is 1. The lowest BCUT2D eigenvalue weighted by Gasteiger charge is -2.24. The first-order valence-corrected chi connectivity index (χ1v) is 8.02. The van der Waals surface area contributed by atoms with E-state index in [0.717, 1.165) is 5.75 Å². The summed E-state index contributed by atoms with van der Waals surface area (Å²) >= 11 is 7.52. The molecule has 0 aliphatic carbocycles. The van der Waals surface area contributed by atoms with Crippen molar-refractivity contribution in [3.05, 3.63) is 70.5 Å². The van der Waals surface area contributed by atoms with Crippen LogP contribution in [0.15, 0.2) is 48.5 Å². The van der Waals surface area contributed by atoms with E-state index in [1.54, 1.807) is 59.1 Å². The number of amides is 1. The largest absolute Gasteiger partial charge is 0.322 e. The molecule has 1 atom stereocenters. The first kappa shape index (κ1) is 14.4. The van der Waals surface area contributed by atoms with E-state index in [9.17, 15) is 9.18 Å². The minimum Gasteiger partial charge on any atom is -0.322 e. The highest BCUT2D eigenvalue weighted by Gasteiger charge is 2.32. The Morgan fingerprint density at radius 2 is 2.05 bits per heavy atom. The van der Waals surface area contributed by atoms with Crippen molar-refractivity contribution in [2.45, 2.75) is 5.37 Å². The molecule has 1 saturated heterocycles. The number of hydrogen-bond acceptors (Lipinski definition) is 2. The Labute approximate surface area is 131 Å². The van der Waals surface area contributed by atoms with Crippen molar-refractivity contribution >= 4 is 29.3 Å². The van der Waals surface area contributed by atoms with Crippen molar-refractivity contribution in [2.24, 2.45) is 0 Å². The first-order valence-electron chi connectivity index (χ1n) is 6.59. The zero-order chi connectivity index (χ0) is 14.8. The Kier molecular flexibility index (Phi) is 4.17. The second-order valence-electron chi connectivity index (χ2n) is 4.75. The number of carbonyl (C=O) groups excluding carboxylic acids is 1. The lowest BCUT2D eigenvalue weighted by Crippen LogP contribution is -2.30. The van der Waals surface area contributed by atoms with Crippen LogP contribution in [-0.4, -0.2) is 23.1 Å². The van der Waals surface area contributed by atoms with Crippen LogP contribution in [0.5, 0.6) is 0 Å². The van der Waals surface area contributed by atoms with Crippen molar-refractivity contribution < 1.29 is 9.18 Å². The second-order valence-corrected chi connectivity index (χ2v) is 6.38. The first-order chi connectivity index (χ1) is 10.2. The average Bonchev–Trinajstić information content (AvgIpc) is 2.96. The molecule has 2 aromatic rings. The molecule has 1 aliphatic rings. The molecule has 1 amide bonds. The summed E-state index contributed by atoms with van der Waals surface area (Å²) in [5.41, 5.74) is 1.08. The van der Waals surface area contributed by atoms with Crippen LogP contribution in [-0.2, 0) is 0 Å². The van der Waals surface area contributed by atoms with Crippen molar-refractivity contribution in [2.75, 3.05) is 12.3 Å². The number of thioether (sulfide) groups is 1. The summed E-state index contributed by atoms with van der Waals surface area (Å²) in [4.78, 5) is 14.3. The highest BCUT2D eigenvalue weighted by molar-refractivity contribution is 7.99. The highest BCUT2D eigenvalue weighted by Crippen LogP contribution is 2.39. The SMILES string of the molecule is O=C(c1cccc(Cl)c1)N1CCSC1c1ccccc1F. The van der Waals surface area contributed by atoms with Gasteiger partial charge in [0.2, 0.25) is 0 Å². The number of halogens is 2. The molecule has 0 radical (unpaired) electrons. The van der Waals surface area contributed by atoms with Crippen LogP contribution >= 0.6 is 23.4 Å². The predicted octanol–water partition coefficient (Wildman–Crippen LogP) is 4.37. The molecule has 3 rings (SSSR count). The maximum absolute atomic E-state index is 14.0. The topological polar surface area (TPSA) is 20.3 Å². The van der Waals surface area contributed by atoms with Gasteiger partial charge in [0.25, 0.3) is 5.91 Å². The normalized spacial score (nSPS) is 18.0. The Hall–Kier alpha value is -1.52. The molecule has 0 spiro atoms. The fourth-order valence-corrected chi connectivity index (χ4v) is 3.87. The summed E-state index contributed by atoms with van der Waals surface area (Å²) in [5, 5.41) is 0.243. The molecule has 1 aliphatic heterocycles. The molecule has 0 saturated carbocycles. The Balaban J connectivity index is 1.91. The van der Waals surface area contributed by atoms with Gasteiger partial charge in [0.15, 0.2) is 0 Å². The summed E-state index contributed by atoms with van der Waals surface area (Å²) in [5.74, 6) is 0.405. The van der Waals surface area contributed by atoms with Crippen molar-refractivity contribution in [1.29, 1.82) is 0 Å². The summed E-state index contributed by atoms with van der Waals surface area (Å²) in [6, 6.07) is 13.5. The van der Waals surface area contributed by atoms with Gasteiger partial charge in [0.05, 0.1) is 0 Å². The average molecular weight is 322 g/mol. The van der Waals surface area contributed by atoms with Crippen molar-refractivity contribution in [1.82, 2.24) is 4.90 Å². The zero-order valence-electron chi connectivity index (χ0n) is 11.1. The van der Waals surface area contributed by atoms with Gasteiger partial charge in [-0.05, 0) is 24.3 Å². The number of rotatable bonds is 2. The quantitative estimate of drug-likeness (QED) is 0.818. The fourth-order valence-electron chi connectivity index (χ4n) is 2.40. The minimum atomic E-state index is -0.280. The third-order valence-corrected chi connectivity index (χ3v) is 4.87. The molecule has 1 heterocycles. The fraction of sp³-hybridized carbons (Fsp3) is 0.188. The van der Waals surface area contributed by atoms with Gasteiger partial charge < -0.3 is 4.90 Å². The second kappa shape index (κ2) is 6.08. The van der Waals surface area contributed by atoms with E-state index in [0.29, 0.717) is 22.7 Å². The lowest BCUT2D eigenvalue weighted by molar-refractivity contribution is 0.0759. The maximum Gasteiger partial charge on any atom is 0.255 e. The van der Waals surface area contributed by atoms with Gasteiger partial charge in [-0.1, -0.05) is 35.9 Å². The molecule has 108 valence electrons. The molecular weight excluding hydrogens is 309 g/mol. The van der Waals surface area contributed by atoms with Crippen LogP contribution in [0.1, 0.15) is 21.3 Å². The Morgan fingerprint density at radius 1 is 1.24 bits per heavy atom. The van der Waals surface area contributed by atoms with Crippen LogP contribution in [0, 0.1) is 5.82 Å². The molecule has 0 aromatic heterocycles. The van der Waals surface area contributed by atoms with E-state index >= 15 is 0 Å². The number of hydrogen-bond donors (Lipinski definition) is 0. The Morgan fingerprint density at radius 3 is 2.81 bits per heavy atom. The van der Waals surface area contributed by atoms with Gasteiger partial charge in [-0.3, -0.25) is 4.79 Å². The van der Waals surface area contributed by atoms with Gasteiger partial charge in [-0.15, -0.1) is 11.8 Å². The third kappa shape index (κ3) is 2.92. The van der Waals surface area contributed by atoms with Gasteiger partial charge in [-0.2, -0.15) is 0 Å². The minimum absolute atomic E-state index is 0.115. The maximum atomic E-state index is 14.0. The summed E-state index contributed by atoms with van der Waals surface area (Å²) in [7, 11) is 0. The van der Waals surface area contributed by atoms with Crippen LogP contribution in [0.2, 0.25) is 5.02 Å². The van der Waals surface area contributed by atoms with Crippen LogP contribution < -0.4 is 0 Å². The zero-order valence-corrected chi connectivity index (χ0v) is 12.7. The highest BCUT2D eigenvalue weighted by atomic mass is 35.5. The van der Waals surface area contributed by atoms with Crippen molar-refractivity contribution in [3.63, 3.8) is 0 Å². The van der Waals surface area contributed by atoms with Crippen LogP contribution in [0.4, 0.5) is 4.39 Å². The van der Waals surface area contributed by atoms with Gasteiger partial charge in [0, 0.05) is 28.4 Å². The van der Waals surface area contributed by atoms with E-state index in [1.165, 1.54) is 6.07 Å². The standard InChI is InChI=1S/C16H13ClFNOS/c17-12-5-3-4-11(10-12)15(20)19-8-9-21-16(19)13-6-1-2-7-14(13)18/h1-7,10,16H,8-9H2. The van der Waals surface area contributed by atoms with Gasteiger partial charge >= 0.3 is 0 Å². The van der Waals surface area contributed by atoms with Gasteiger partial charge in [-0.25, -0.2) is 4.39 Å². The molecule has 1 unspecified atom stereocenters. The van der Waals surface area contributed by atoms with Crippen molar-refractivity contribution in [3.8, 4) is 0 Å². The smallest absolute Gasteiger partial charge is 0.255 e. The molecule has 2 aromatic carbocycles. The molecule has 0 bridgehead atoms. The monoisotopic (exact) mass is 321 g/mol. The van der Waals surface area contributed by atoms with E-state index in [-0.39, 0.29) is 17.1 Å². The Bertz CT molecular complexity index is 679. The predicted molar refractivity (Wildman–Crippen MR) is 84.1 cm³/mol. The van der Waals surface area contributed by atoms with Crippen LogP contribution in [0.3, 0.4) is 0 Å². The van der Waals surface area contributed by atoms with E-state index < -0.39 is 0 Å². The van der Waals surface area contributed by atoms with E-state index in [2.05, 4.69) is 0 Å².